The molecule has 1 aromatic rings. The molecule has 10 heteroatoms. The molecule has 142 valence electrons. The van der Waals surface area contributed by atoms with Gasteiger partial charge in [-0.3, -0.25) is 9.52 Å². The van der Waals surface area contributed by atoms with Gasteiger partial charge in [-0.15, -0.1) is 0 Å². The Morgan fingerprint density at radius 1 is 1.20 bits per heavy atom. The van der Waals surface area contributed by atoms with Crippen molar-refractivity contribution in [2.75, 3.05) is 24.1 Å². The van der Waals surface area contributed by atoms with E-state index in [0.717, 1.165) is 10.7 Å². The minimum Gasteiger partial charge on any atom is -0.481 e. The van der Waals surface area contributed by atoms with E-state index in [1.807, 2.05) is 6.92 Å². The van der Waals surface area contributed by atoms with Crippen LogP contribution in [0.1, 0.15) is 26.7 Å². The van der Waals surface area contributed by atoms with E-state index in [0.29, 0.717) is 6.42 Å². The average molecular weight is 392 g/mol. The lowest BCUT2D eigenvalue weighted by atomic mass is 10.2. The van der Waals surface area contributed by atoms with Crippen molar-refractivity contribution < 1.29 is 26.7 Å². The number of unbranched alkanes of at least 4 members (excludes halogenated alkanes) is 1. The van der Waals surface area contributed by atoms with Crippen molar-refractivity contribution in [2.24, 2.45) is 5.92 Å². The van der Waals surface area contributed by atoms with Crippen LogP contribution in [0.25, 0.3) is 0 Å². The van der Waals surface area contributed by atoms with Crippen LogP contribution in [0.3, 0.4) is 0 Å². The number of benzene rings is 1. The van der Waals surface area contributed by atoms with E-state index >= 15 is 0 Å². The molecule has 0 amide bonds. The molecule has 25 heavy (non-hydrogen) atoms. The molecule has 0 aliphatic carbocycles. The van der Waals surface area contributed by atoms with Gasteiger partial charge in [0, 0.05) is 19.3 Å². The number of nitrogens with one attached hydrogen (secondary N) is 1. The molecular formula is C15H24N2O6S2. The second-order valence-electron chi connectivity index (χ2n) is 5.82. The van der Waals surface area contributed by atoms with Crippen LogP contribution >= 0.6 is 0 Å². The third-order valence-corrected chi connectivity index (χ3v) is 6.77. The van der Waals surface area contributed by atoms with Crippen LogP contribution in [0.2, 0.25) is 0 Å². The van der Waals surface area contributed by atoms with E-state index < -0.39 is 31.9 Å². The van der Waals surface area contributed by atoms with Gasteiger partial charge in [0.25, 0.3) is 0 Å². The third-order valence-electron chi connectivity index (χ3n) is 3.56. The van der Waals surface area contributed by atoms with Crippen LogP contribution in [0.15, 0.2) is 29.2 Å². The summed E-state index contributed by atoms with van der Waals surface area (Å²) < 4.78 is 51.9. The number of aliphatic carboxylic acids is 1. The van der Waals surface area contributed by atoms with E-state index in [2.05, 4.69) is 4.72 Å². The van der Waals surface area contributed by atoms with Crippen molar-refractivity contribution in [3.8, 4) is 0 Å². The minimum absolute atomic E-state index is 0.000630. The first-order chi connectivity index (χ1) is 11.5. The van der Waals surface area contributed by atoms with Gasteiger partial charge in [0.05, 0.1) is 16.6 Å². The molecule has 0 heterocycles. The van der Waals surface area contributed by atoms with Crippen molar-refractivity contribution >= 4 is 31.7 Å². The molecule has 0 aliphatic heterocycles. The van der Waals surface area contributed by atoms with Crippen LogP contribution < -0.4 is 4.72 Å². The monoisotopic (exact) mass is 392 g/mol. The highest BCUT2D eigenvalue weighted by Crippen LogP contribution is 2.19. The maximum atomic E-state index is 12.4. The van der Waals surface area contributed by atoms with Gasteiger partial charge < -0.3 is 5.11 Å². The van der Waals surface area contributed by atoms with Crippen molar-refractivity contribution in [1.82, 2.24) is 4.31 Å². The SMILES string of the molecule is CCCCS(=O)(=O)Nc1ccc(S(=O)(=O)N(C)CC(C)C(=O)O)cc1. The zero-order valence-corrected chi connectivity index (χ0v) is 16.1. The number of carboxylic acid groups (broad SMARTS) is 1. The molecule has 0 spiro atoms. The van der Waals surface area contributed by atoms with Gasteiger partial charge in [-0.2, -0.15) is 0 Å². The summed E-state index contributed by atoms with van der Waals surface area (Å²) >= 11 is 0. The zero-order chi connectivity index (χ0) is 19.3. The van der Waals surface area contributed by atoms with Crippen molar-refractivity contribution in [3.05, 3.63) is 24.3 Å². The number of hydrogen-bond donors (Lipinski definition) is 2. The van der Waals surface area contributed by atoms with Gasteiger partial charge in [-0.25, -0.2) is 21.1 Å². The quantitative estimate of drug-likeness (QED) is 0.623. The molecule has 1 rings (SSSR count). The Kier molecular flexibility index (Phi) is 7.39. The first-order valence-electron chi connectivity index (χ1n) is 7.79. The highest BCUT2D eigenvalue weighted by molar-refractivity contribution is 7.92. The molecular weight excluding hydrogens is 368 g/mol. The van der Waals surface area contributed by atoms with Gasteiger partial charge in [0.15, 0.2) is 0 Å². The molecule has 0 bridgehead atoms. The molecule has 0 aromatic heterocycles. The van der Waals surface area contributed by atoms with E-state index in [4.69, 9.17) is 5.11 Å². The second kappa shape index (κ2) is 8.63. The molecule has 1 unspecified atom stereocenters. The van der Waals surface area contributed by atoms with Crippen LogP contribution in [-0.2, 0) is 24.8 Å². The largest absolute Gasteiger partial charge is 0.481 e. The topological polar surface area (TPSA) is 121 Å². The summed E-state index contributed by atoms with van der Waals surface area (Å²) in [4.78, 5) is 10.8. The molecule has 8 nitrogen and oxygen atoms in total. The third kappa shape index (κ3) is 6.29. The molecule has 0 saturated carbocycles. The molecule has 0 saturated heterocycles. The number of anilines is 1. The Hall–Kier alpha value is -1.65. The molecule has 2 N–H and O–H groups in total. The molecule has 0 radical (unpaired) electrons. The highest BCUT2D eigenvalue weighted by atomic mass is 32.2. The molecule has 1 aromatic carbocycles. The van der Waals surface area contributed by atoms with Crippen LogP contribution in [-0.4, -0.2) is 51.6 Å². The number of hydrogen-bond acceptors (Lipinski definition) is 5. The number of nitrogens with zero attached hydrogens (tertiary/aromatic N) is 1. The van der Waals surface area contributed by atoms with Gasteiger partial charge >= 0.3 is 5.97 Å². The summed E-state index contributed by atoms with van der Waals surface area (Å²) in [6.45, 7) is 3.14. The Balaban J connectivity index is 2.89. The first-order valence-corrected chi connectivity index (χ1v) is 10.9. The maximum absolute atomic E-state index is 12.4. The summed E-state index contributed by atoms with van der Waals surface area (Å²) in [6.07, 6.45) is 1.29. The highest BCUT2D eigenvalue weighted by Gasteiger charge is 2.24. The number of sulfonamides is 2. The predicted octanol–water partition coefficient (Wildman–Crippen LogP) is 1.57. The van der Waals surface area contributed by atoms with E-state index in [9.17, 15) is 21.6 Å². The fourth-order valence-electron chi connectivity index (χ4n) is 2.00. The maximum Gasteiger partial charge on any atom is 0.307 e. The van der Waals surface area contributed by atoms with Crippen molar-refractivity contribution in [3.63, 3.8) is 0 Å². The lowest BCUT2D eigenvalue weighted by Crippen LogP contribution is -2.33. The standard InChI is InChI=1S/C15H24N2O6S2/c1-4-5-10-24(20,21)16-13-6-8-14(9-7-13)25(22,23)17(3)11-12(2)15(18)19/h6-9,12,16H,4-5,10-11H2,1-3H3,(H,18,19). The predicted molar refractivity (Wildman–Crippen MR) is 95.4 cm³/mol. The molecule has 0 fully saturated rings. The molecule has 1 atom stereocenters. The fourth-order valence-corrected chi connectivity index (χ4v) is 4.53. The summed E-state index contributed by atoms with van der Waals surface area (Å²) in [7, 11) is -6.01. The minimum atomic E-state index is -3.85. The zero-order valence-electron chi connectivity index (χ0n) is 14.5. The van der Waals surface area contributed by atoms with Crippen LogP contribution in [0.4, 0.5) is 5.69 Å². The Morgan fingerprint density at radius 2 is 1.76 bits per heavy atom. The van der Waals surface area contributed by atoms with Crippen molar-refractivity contribution in [1.29, 1.82) is 0 Å². The van der Waals surface area contributed by atoms with E-state index in [1.54, 1.807) is 0 Å². The van der Waals surface area contributed by atoms with Gasteiger partial charge in [0.1, 0.15) is 0 Å². The van der Waals surface area contributed by atoms with Gasteiger partial charge in [-0.05, 0) is 30.7 Å². The summed E-state index contributed by atoms with van der Waals surface area (Å²) in [5.41, 5.74) is 0.275. The van der Waals surface area contributed by atoms with Gasteiger partial charge in [-0.1, -0.05) is 20.3 Å². The van der Waals surface area contributed by atoms with E-state index in [1.165, 1.54) is 38.2 Å². The fraction of sp³-hybridized carbons (Fsp3) is 0.533. The number of carboxylic acids is 1. The number of carbonyl (C=O) groups is 1. The van der Waals surface area contributed by atoms with Crippen molar-refractivity contribution in [2.45, 2.75) is 31.6 Å². The Morgan fingerprint density at radius 3 is 2.24 bits per heavy atom. The Labute approximate surface area is 149 Å². The lowest BCUT2D eigenvalue weighted by molar-refractivity contribution is -0.141. The first kappa shape index (κ1) is 21.4. The normalized spacial score (nSPS) is 13.6. The molecule has 0 aliphatic rings. The van der Waals surface area contributed by atoms with Crippen LogP contribution in [0, 0.1) is 5.92 Å². The summed E-state index contributed by atoms with van der Waals surface area (Å²) in [5.74, 6) is -1.93. The second-order valence-corrected chi connectivity index (χ2v) is 9.71. The van der Waals surface area contributed by atoms with Crippen LogP contribution in [0.5, 0.6) is 0 Å². The average Bonchev–Trinajstić information content (AvgIpc) is 2.52. The smallest absolute Gasteiger partial charge is 0.307 e. The Bertz CT molecular complexity index is 788. The van der Waals surface area contributed by atoms with Gasteiger partial charge in [0.2, 0.25) is 20.0 Å². The number of rotatable bonds is 10. The lowest BCUT2D eigenvalue weighted by Gasteiger charge is -2.19. The summed E-state index contributed by atoms with van der Waals surface area (Å²) in [6, 6.07) is 5.31. The van der Waals surface area contributed by atoms with E-state index in [-0.39, 0.29) is 22.9 Å². The summed E-state index contributed by atoms with van der Waals surface area (Å²) in [5, 5.41) is 8.89.